The summed E-state index contributed by atoms with van der Waals surface area (Å²) in [4.78, 5) is 34.1. The molecule has 5 nitrogen and oxygen atoms in total. The van der Waals surface area contributed by atoms with Gasteiger partial charge < -0.3 is 9.80 Å². The fourth-order valence-electron chi connectivity index (χ4n) is 4.42. The maximum absolute atomic E-state index is 12.8. The van der Waals surface area contributed by atoms with Crippen molar-refractivity contribution in [3.8, 4) is 10.6 Å². The molecule has 0 saturated carbocycles. The fraction of sp³-hybridized carbons (Fsp3) is 0.542. The summed E-state index contributed by atoms with van der Waals surface area (Å²) in [5, 5.41) is 2.96. The van der Waals surface area contributed by atoms with Crippen LogP contribution in [0.15, 0.2) is 29.6 Å². The SMILES string of the molecule is CCc1ccc(-c2nc(CC(=O)N3CCC(C(=O)N4CCCCC4)CC3)cs2)cc1. The van der Waals surface area contributed by atoms with Gasteiger partial charge in [0.05, 0.1) is 12.1 Å². The van der Waals surface area contributed by atoms with Gasteiger partial charge in [-0.25, -0.2) is 4.98 Å². The van der Waals surface area contributed by atoms with Crippen molar-refractivity contribution in [2.45, 2.75) is 51.9 Å². The zero-order chi connectivity index (χ0) is 20.9. The maximum atomic E-state index is 12.8. The molecule has 2 saturated heterocycles. The molecule has 0 spiro atoms. The summed E-state index contributed by atoms with van der Waals surface area (Å²) >= 11 is 1.59. The zero-order valence-corrected chi connectivity index (χ0v) is 18.6. The summed E-state index contributed by atoms with van der Waals surface area (Å²) < 4.78 is 0. The van der Waals surface area contributed by atoms with E-state index in [0.717, 1.165) is 61.5 Å². The summed E-state index contributed by atoms with van der Waals surface area (Å²) in [5.41, 5.74) is 3.26. The van der Waals surface area contributed by atoms with Crippen molar-refractivity contribution in [2.24, 2.45) is 5.92 Å². The number of aromatic nitrogens is 1. The fourth-order valence-corrected chi connectivity index (χ4v) is 5.24. The Hall–Kier alpha value is -2.21. The second-order valence-electron chi connectivity index (χ2n) is 8.41. The van der Waals surface area contributed by atoms with Crippen molar-refractivity contribution >= 4 is 23.2 Å². The second kappa shape index (κ2) is 9.73. The molecule has 2 amide bonds. The van der Waals surface area contributed by atoms with Crippen molar-refractivity contribution < 1.29 is 9.59 Å². The summed E-state index contributed by atoms with van der Waals surface area (Å²) in [6, 6.07) is 8.48. The number of aryl methyl sites for hydroxylation is 1. The second-order valence-corrected chi connectivity index (χ2v) is 9.27. The van der Waals surface area contributed by atoms with E-state index in [9.17, 15) is 9.59 Å². The van der Waals surface area contributed by atoms with Crippen molar-refractivity contribution in [2.75, 3.05) is 26.2 Å². The molecule has 2 aliphatic heterocycles. The van der Waals surface area contributed by atoms with Crippen LogP contribution in [0.2, 0.25) is 0 Å². The first-order valence-electron chi connectivity index (χ1n) is 11.2. The van der Waals surface area contributed by atoms with Gasteiger partial charge in [-0.3, -0.25) is 9.59 Å². The van der Waals surface area contributed by atoms with E-state index >= 15 is 0 Å². The number of rotatable bonds is 5. The van der Waals surface area contributed by atoms with E-state index in [0.29, 0.717) is 25.4 Å². The van der Waals surface area contributed by atoms with Crippen LogP contribution in [0.4, 0.5) is 0 Å². The molecule has 0 radical (unpaired) electrons. The molecule has 0 bridgehead atoms. The van der Waals surface area contributed by atoms with Crippen LogP contribution in [-0.2, 0) is 22.4 Å². The highest BCUT2D eigenvalue weighted by atomic mass is 32.1. The van der Waals surface area contributed by atoms with Crippen molar-refractivity contribution in [3.05, 3.63) is 40.9 Å². The number of carbonyl (C=O) groups is 2. The van der Waals surface area contributed by atoms with Gasteiger partial charge >= 0.3 is 0 Å². The maximum Gasteiger partial charge on any atom is 0.228 e. The van der Waals surface area contributed by atoms with Gasteiger partial charge in [-0.15, -0.1) is 11.3 Å². The van der Waals surface area contributed by atoms with E-state index in [4.69, 9.17) is 0 Å². The molecule has 1 aromatic carbocycles. The van der Waals surface area contributed by atoms with Gasteiger partial charge in [-0.2, -0.15) is 0 Å². The lowest BCUT2D eigenvalue weighted by Gasteiger charge is -2.35. The third-order valence-electron chi connectivity index (χ3n) is 6.36. The first-order chi connectivity index (χ1) is 14.6. The van der Waals surface area contributed by atoms with Crippen molar-refractivity contribution in [1.29, 1.82) is 0 Å². The highest BCUT2D eigenvalue weighted by Crippen LogP contribution is 2.26. The van der Waals surface area contributed by atoms with Crippen LogP contribution in [0.5, 0.6) is 0 Å². The Balaban J connectivity index is 1.28. The predicted octanol–water partition coefficient (Wildman–Crippen LogP) is 4.17. The third-order valence-corrected chi connectivity index (χ3v) is 7.30. The summed E-state index contributed by atoms with van der Waals surface area (Å²) in [6.45, 7) is 5.32. The molecule has 2 aliphatic rings. The molecule has 0 N–H and O–H groups in total. The summed E-state index contributed by atoms with van der Waals surface area (Å²) in [5.74, 6) is 0.515. The van der Waals surface area contributed by atoms with Gasteiger partial charge in [-0.05, 0) is 44.1 Å². The Kier molecular flexibility index (Phi) is 6.82. The largest absolute Gasteiger partial charge is 0.342 e. The zero-order valence-electron chi connectivity index (χ0n) is 17.8. The summed E-state index contributed by atoms with van der Waals surface area (Å²) in [7, 11) is 0. The molecule has 0 aliphatic carbocycles. The molecule has 0 unspecified atom stereocenters. The first-order valence-corrected chi connectivity index (χ1v) is 12.1. The smallest absolute Gasteiger partial charge is 0.228 e. The number of piperidine rings is 2. The molecule has 4 rings (SSSR count). The number of benzene rings is 1. The molecular weight excluding hydrogens is 394 g/mol. The summed E-state index contributed by atoms with van der Waals surface area (Å²) in [6.07, 6.45) is 6.43. The van der Waals surface area contributed by atoms with Gasteiger partial charge in [0.25, 0.3) is 0 Å². The van der Waals surface area contributed by atoms with E-state index < -0.39 is 0 Å². The van der Waals surface area contributed by atoms with Crippen molar-refractivity contribution in [1.82, 2.24) is 14.8 Å². The molecule has 2 aromatic rings. The first kappa shape index (κ1) is 21.0. The molecule has 30 heavy (non-hydrogen) atoms. The molecular formula is C24H31N3O2S. The molecule has 6 heteroatoms. The van der Waals surface area contributed by atoms with E-state index in [1.54, 1.807) is 11.3 Å². The lowest BCUT2D eigenvalue weighted by Crippen LogP contribution is -2.46. The quantitative estimate of drug-likeness (QED) is 0.723. The van der Waals surface area contributed by atoms with Crippen LogP contribution in [0.1, 0.15) is 50.3 Å². The number of amides is 2. The standard InChI is InChI=1S/C24H31N3O2S/c1-2-18-6-8-19(9-7-18)23-25-21(17-30-23)16-22(28)26-14-10-20(11-15-26)24(29)27-12-4-3-5-13-27/h6-9,17,20H,2-5,10-16H2,1H3. The Labute approximate surface area is 183 Å². The van der Waals surface area contributed by atoms with Crippen LogP contribution in [0.3, 0.4) is 0 Å². The van der Waals surface area contributed by atoms with E-state index in [2.05, 4.69) is 36.2 Å². The van der Waals surface area contributed by atoms with E-state index in [1.807, 2.05) is 15.2 Å². The number of thiazole rings is 1. The monoisotopic (exact) mass is 425 g/mol. The minimum atomic E-state index is 0.0871. The van der Waals surface area contributed by atoms with Gasteiger partial charge in [0.2, 0.25) is 11.8 Å². The van der Waals surface area contributed by atoms with Crippen LogP contribution in [0.25, 0.3) is 10.6 Å². The van der Waals surface area contributed by atoms with Gasteiger partial charge in [-0.1, -0.05) is 31.2 Å². The molecule has 160 valence electrons. The highest BCUT2D eigenvalue weighted by molar-refractivity contribution is 7.13. The molecule has 0 atom stereocenters. The van der Waals surface area contributed by atoms with Crippen LogP contribution in [0, 0.1) is 5.92 Å². The highest BCUT2D eigenvalue weighted by Gasteiger charge is 2.30. The van der Waals surface area contributed by atoms with Gasteiger partial charge in [0.15, 0.2) is 0 Å². The Morgan fingerprint density at radius 1 is 1.00 bits per heavy atom. The average Bonchev–Trinajstić information content (AvgIpc) is 3.27. The van der Waals surface area contributed by atoms with E-state index in [1.165, 1.54) is 12.0 Å². The van der Waals surface area contributed by atoms with Crippen molar-refractivity contribution in [3.63, 3.8) is 0 Å². The predicted molar refractivity (Wildman–Crippen MR) is 120 cm³/mol. The average molecular weight is 426 g/mol. The van der Waals surface area contributed by atoms with Gasteiger partial charge in [0, 0.05) is 43.0 Å². The normalized spacial score (nSPS) is 17.9. The molecule has 3 heterocycles. The molecule has 1 aromatic heterocycles. The van der Waals surface area contributed by atoms with Crippen LogP contribution >= 0.6 is 11.3 Å². The number of hydrogen-bond acceptors (Lipinski definition) is 4. The Morgan fingerprint density at radius 2 is 1.70 bits per heavy atom. The minimum Gasteiger partial charge on any atom is -0.342 e. The third kappa shape index (κ3) is 4.91. The topological polar surface area (TPSA) is 53.5 Å². The lowest BCUT2D eigenvalue weighted by molar-refractivity contribution is -0.141. The number of likely N-dealkylation sites (tertiary alicyclic amines) is 2. The molecule has 2 fully saturated rings. The van der Waals surface area contributed by atoms with Gasteiger partial charge in [0.1, 0.15) is 5.01 Å². The van der Waals surface area contributed by atoms with Crippen LogP contribution < -0.4 is 0 Å². The van der Waals surface area contributed by atoms with E-state index in [-0.39, 0.29) is 11.8 Å². The Morgan fingerprint density at radius 3 is 2.37 bits per heavy atom. The number of hydrogen-bond donors (Lipinski definition) is 0. The number of nitrogens with zero attached hydrogens (tertiary/aromatic N) is 3. The minimum absolute atomic E-state index is 0.0871. The lowest BCUT2D eigenvalue weighted by atomic mass is 9.94. The Bertz CT molecular complexity index is 863. The number of carbonyl (C=O) groups excluding carboxylic acids is 2. The van der Waals surface area contributed by atoms with Crippen LogP contribution in [-0.4, -0.2) is 52.8 Å².